The number of ketones is 1. The topological polar surface area (TPSA) is 158 Å². The zero-order valence-electron chi connectivity index (χ0n) is 32.6. The van der Waals surface area contributed by atoms with Crippen LogP contribution in [-0.4, -0.2) is 77.5 Å². The predicted molar refractivity (Wildman–Crippen MR) is 205 cm³/mol. The Morgan fingerprint density at radius 1 is 0.982 bits per heavy atom. The molecule has 3 aliphatic carbocycles. The molecule has 55 heavy (non-hydrogen) atoms. The van der Waals surface area contributed by atoms with Gasteiger partial charge in [0.2, 0.25) is 27.7 Å². The summed E-state index contributed by atoms with van der Waals surface area (Å²) in [7, 11) is -3.85. The third-order valence-electron chi connectivity index (χ3n) is 11.8. The number of hydrogen-bond acceptors (Lipinski definition) is 10. The van der Waals surface area contributed by atoms with Crippen molar-refractivity contribution in [2.45, 2.75) is 134 Å². The number of fused-ring (bicyclic) bond motifs is 3. The van der Waals surface area contributed by atoms with Gasteiger partial charge in [0.1, 0.15) is 17.5 Å². The standard InChI is InChI=1S/C42H55N3O9S/c1-25-10-6-7-11-27-21-42(27,40(49)44-55(50,51)30-16-17-30)22-35(46)34-19-29(24-45(34)39(48)33(26(2)18-25)20-37(47)54-41(3,4)5)53-38-32-13-9-8-12-31(32)36(23-43-38)52-28-14-15-28/h7-9,11-13,23,25-30,33-34H,6,10,14-22,24H2,1-5H3,(H,44,49)/b11-7-/t25-,26+,27+,29+,33-,34-,42+/m0/s1. The first kappa shape index (κ1) is 39.2. The zero-order valence-corrected chi connectivity index (χ0v) is 33.4. The summed E-state index contributed by atoms with van der Waals surface area (Å²) in [6, 6.07) is 6.70. The number of rotatable bonds is 9. The Balaban J connectivity index is 1.21. The minimum absolute atomic E-state index is 0.0667. The number of aromatic nitrogens is 1. The Morgan fingerprint density at radius 3 is 2.40 bits per heavy atom. The fourth-order valence-electron chi connectivity index (χ4n) is 8.40. The number of carbonyl (C=O) groups excluding carboxylic acids is 4. The van der Waals surface area contributed by atoms with E-state index in [0.717, 1.165) is 36.5 Å². The maximum atomic E-state index is 14.9. The van der Waals surface area contributed by atoms with Crippen LogP contribution >= 0.6 is 0 Å². The number of sulfonamides is 1. The van der Waals surface area contributed by atoms with Crippen LogP contribution in [-0.2, 0) is 33.9 Å². The molecule has 1 saturated heterocycles. The molecule has 1 N–H and O–H groups in total. The number of hydrogen-bond donors (Lipinski definition) is 1. The summed E-state index contributed by atoms with van der Waals surface area (Å²) in [6.45, 7) is 9.53. The maximum absolute atomic E-state index is 14.9. The molecule has 2 aromatic rings. The van der Waals surface area contributed by atoms with E-state index in [2.05, 4.69) is 16.6 Å². The van der Waals surface area contributed by atoms with Crippen LogP contribution in [0.1, 0.15) is 105 Å². The maximum Gasteiger partial charge on any atom is 0.307 e. The summed E-state index contributed by atoms with van der Waals surface area (Å²) in [5, 5.41) is 0.999. The quantitative estimate of drug-likeness (QED) is 0.235. The van der Waals surface area contributed by atoms with Gasteiger partial charge in [0.15, 0.2) is 5.78 Å². The molecular weight excluding hydrogens is 723 g/mol. The molecule has 0 bridgehead atoms. The highest BCUT2D eigenvalue weighted by molar-refractivity contribution is 7.90. The molecule has 2 aliphatic heterocycles. The molecule has 7 rings (SSSR count). The van der Waals surface area contributed by atoms with Gasteiger partial charge in [-0.1, -0.05) is 44.2 Å². The molecule has 2 amide bonds. The summed E-state index contributed by atoms with van der Waals surface area (Å²) >= 11 is 0. The van der Waals surface area contributed by atoms with Gasteiger partial charge in [0.25, 0.3) is 0 Å². The van der Waals surface area contributed by atoms with Crippen LogP contribution in [0.5, 0.6) is 11.6 Å². The number of pyridine rings is 1. The average Bonchev–Trinajstić information content (AvgIpc) is 4.01. The van der Waals surface area contributed by atoms with E-state index in [1.54, 1.807) is 27.0 Å². The van der Waals surface area contributed by atoms with E-state index in [1.807, 2.05) is 43.3 Å². The molecule has 4 fully saturated rings. The second-order valence-electron chi connectivity index (χ2n) is 17.8. The van der Waals surface area contributed by atoms with Crippen molar-refractivity contribution in [3.8, 4) is 11.6 Å². The SMILES string of the molecule is C[C@H]1CC/C=C\[C@@H]2C[C@@]2(C(=O)NS(=O)(=O)C2CC2)CC(=O)[C@@H]2C[C@@H](Oc3ncc(OC4CC4)c4ccccc34)CN2C(=O)[C@@H](CC(=O)OC(C)(C)C)[C@H](C)C1. The summed E-state index contributed by atoms with van der Waals surface area (Å²) in [4.78, 5) is 62.9. The van der Waals surface area contributed by atoms with Crippen LogP contribution in [0.25, 0.3) is 10.8 Å². The highest BCUT2D eigenvalue weighted by Crippen LogP contribution is 2.57. The highest BCUT2D eigenvalue weighted by atomic mass is 32.2. The average molecular weight is 778 g/mol. The molecule has 0 spiro atoms. The molecule has 7 atom stereocenters. The van der Waals surface area contributed by atoms with Gasteiger partial charge in [-0.3, -0.25) is 23.9 Å². The van der Waals surface area contributed by atoms with E-state index < -0.39 is 56.2 Å². The van der Waals surface area contributed by atoms with Crippen molar-refractivity contribution in [3.63, 3.8) is 0 Å². The third kappa shape index (κ3) is 9.02. The summed E-state index contributed by atoms with van der Waals surface area (Å²) in [6.07, 6.45) is 10.5. The van der Waals surface area contributed by atoms with Crippen molar-refractivity contribution in [1.29, 1.82) is 0 Å². The lowest BCUT2D eigenvalue weighted by Gasteiger charge is -2.32. The minimum Gasteiger partial charge on any atom is -0.488 e. The molecule has 1 aromatic heterocycles. The lowest BCUT2D eigenvalue weighted by molar-refractivity contribution is -0.160. The highest BCUT2D eigenvalue weighted by Gasteiger charge is 2.61. The zero-order chi connectivity index (χ0) is 39.3. The summed E-state index contributed by atoms with van der Waals surface area (Å²) in [5.74, 6) is -1.87. The normalized spacial score (nSPS) is 31.0. The fraction of sp³-hybridized carbons (Fsp3) is 0.643. The molecule has 0 radical (unpaired) electrons. The van der Waals surface area contributed by atoms with Gasteiger partial charge in [-0.2, -0.15) is 0 Å². The van der Waals surface area contributed by atoms with Gasteiger partial charge in [0, 0.05) is 23.6 Å². The lowest BCUT2D eigenvalue weighted by atomic mass is 9.82. The van der Waals surface area contributed by atoms with E-state index in [4.69, 9.17) is 14.2 Å². The largest absolute Gasteiger partial charge is 0.488 e. The Labute approximate surface area is 324 Å². The van der Waals surface area contributed by atoms with E-state index in [9.17, 15) is 27.6 Å². The molecule has 3 heterocycles. The van der Waals surface area contributed by atoms with Gasteiger partial charge in [-0.25, -0.2) is 13.4 Å². The molecule has 3 saturated carbocycles. The smallest absolute Gasteiger partial charge is 0.307 e. The van der Waals surface area contributed by atoms with E-state index >= 15 is 0 Å². The molecule has 1 aromatic carbocycles. The monoisotopic (exact) mass is 777 g/mol. The van der Waals surface area contributed by atoms with Crippen LogP contribution in [0.4, 0.5) is 0 Å². The van der Waals surface area contributed by atoms with Crippen molar-refractivity contribution in [2.24, 2.45) is 29.1 Å². The summed E-state index contributed by atoms with van der Waals surface area (Å²) < 4.78 is 46.5. The van der Waals surface area contributed by atoms with E-state index in [-0.39, 0.29) is 61.4 Å². The number of benzene rings is 1. The van der Waals surface area contributed by atoms with Crippen molar-refractivity contribution >= 4 is 44.4 Å². The molecule has 5 aliphatic rings. The number of nitrogens with zero attached hydrogens (tertiary/aromatic N) is 2. The predicted octanol–water partition coefficient (Wildman–Crippen LogP) is 6.06. The second kappa shape index (κ2) is 15.2. The number of amides is 2. The first-order valence-corrected chi connectivity index (χ1v) is 21.6. The van der Waals surface area contributed by atoms with E-state index in [0.29, 0.717) is 37.3 Å². The third-order valence-corrected chi connectivity index (χ3v) is 13.6. The molecule has 13 heteroatoms. The second-order valence-corrected chi connectivity index (χ2v) is 19.7. The Bertz CT molecular complexity index is 1970. The van der Waals surface area contributed by atoms with Crippen LogP contribution in [0.3, 0.4) is 0 Å². The van der Waals surface area contributed by atoms with Crippen molar-refractivity contribution in [2.75, 3.05) is 6.54 Å². The number of nitrogens with one attached hydrogen (secondary N) is 1. The number of carbonyl (C=O) groups is 4. The van der Waals surface area contributed by atoms with Crippen molar-refractivity contribution in [3.05, 3.63) is 42.6 Å². The first-order chi connectivity index (χ1) is 26.0. The number of allylic oxidation sites excluding steroid dienone is 2. The first-order valence-electron chi connectivity index (χ1n) is 20.0. The lowest BCUT2D eigenvalue weighted by Crippen LogP contribution is -2.47. The molecule has 12 nitrogen and oxygen atoms in total. The van der Waals surface area contributed by atoms with Crippen molar-refractivity contribution in [1.82, 2.24) is 14.6 Å². The summed E-state index contributed by atoms with van der Waals surface area (Å²) in [5.41, 5.74) is -1.99. The minimum atomic E-state index is -3.85. The van der Waals surface area contributed by atoms with Gasteiger partial charge in [-0.15, -0.1) is 0 Å². The van der Waals surface area contributed by atoms with Crippen LogP contribution < -0.4 is 14.2 Å². The van der Waals surface area contributed by atoms with Crippen molar-refractivity contribution < 1.29 is 41.8 Å². The molecular formula is C42H55N3O9S. The fourth-order valence-corrected chi connectivity index (χ4v) is 9.79. The van der Waals surface area contributed by atoms with Gasteiger partial charge < -0.3 is 19.1 Å². The van der Waals surface area contributed by atoms with Gasteiger partial charge in [0.05, 0.1) is 47.9 Å². The Kier molecular flexibility index (Phi) is 10.8. The van der Waals surface area contributed by atoms with Gasteiger partial charge in [-0.05, 0) is 96.0 Å². The molecule has 0 unspecified atom stereocenters. The van der Waals surface area contributed by atoms with Crippen LogP contribution in [0, 0.1) is 29.1 Å². The molecule has 298 valence electrons. The van der Waals surface area contributed by atoms with E-state index in [1.165, 1.54) is 4.90 Å². The number of Topliss-reactive ketones (excluding diaryl/α,β-unsaturated/α-hetero) is 1. The van der Waals surface area contributed by atoms with Crippen LogP contribution in [0.15, 0.2) is 42.6 Å². The Morgan fingerprint density at radius 2 is 1.71 bits per heavy atom. The number of ether oxygens (including phenoxy) is 3. The van der Waals surface area contributed by atoms with Crippen LogP contribution in [0.2, 0.25) is 0 Å². The van der Waals surface area contributed by atoms with Gasteiger partial charge >= 0.3 is 5.97 Å². The number of esters is 1. The Hall–Kier alpha value is -4.00.